The Hall–Kier alpha value is -1.12. The minimum atomic E-state index is 0.605. The van der Waals surface area contributed by atoms with Crippen LogP contribution in [0.4, 0.5) is 0 Å². The lowest BCUT2D eigenvalue weighted by atomic mass is 9.81. The Morgan fingerprint density at radius 3 is 2.44 bits per heavy atom. The van der Waals surface area contributed by atoms with Crippen molar-refractivity contribution in [1.29, 1.82) is 0 Å². The van der Waals surface area contributed by atoms with Crippen LogP contribution in [-0.4, -0.2) is 17.3 Å². The molecule has 0 aromatic carbocycles. The minimum Gasteiger partial charge on any atom is -0.480 e. The first-order valence-electron chi connectivity index (χ1n) is 6.09. The summed E-state index contributed by atoms with van der Waals surface area (Å²) in [6, 6.07) is 2.13. The lowest BCUT2D eigenvalue weighted by Crippen LogP contribution is -2.13. The van der Waals surface area contributed by atoms with E-state index in [4.69, 9.17) is 4.74 Å². The molecule has 1 aliphatic rings. The third-order valence-electron chi connectivity index (χ3n) is 3.59. The summed E-state index contributed by atoms with van der Waals surface area (Å²) in [6.07, 6.45) is 5.14. The van der Waals surface area contributed by atoms with Gasteiger partial charge in [-0.1, -0.05) is 19.8 Å². The van der Waals surface area contributed by atoms with E-state index >= 15 is 0 Å². The molecule has 1 heterocycles. The molecule has 1 saturated carbocycles. The van der Waals surface area contributed by atoms with E-state index < -0.39 is 0 Å². The van der Waals surface area contributed by atoms with Gasteiger partial charge in [0, 0.05) is 11.5 Å². The summed E-state index contributed by atoms with van der Waals surface area (Å²) in [6.45, 7) is 4.36. The van der Waals surface area contributed by atoms with E-state index in [1.807, 2.05) is 6.92 Å². The zero-order valence-electron chi connectivity index (χ0n) is 10.4. The smallest absolute Gasteiger partial charge is 0.236 e. The Morgan fingerprint density at radius 2 is 1.88 bits per heavy atom. The first-order chi connectivity index (χ1) is 7.70. The zero-order valence-corrected chi connectivity index (χ0v) is 10.4. The molecule has 0 bridgehead atoms. The van der Waals surface area contributed by atoms with Crippen molar-refractivity contribution in [3.63, 3.8) is 0 Å². The van der Waals surface area contributed by atoms with E-state index in [9.17, 15) is 0 Å². The number of ether oxygens (including phenoxy) is 1. The van der Waals surface area contributed by atoms with Crippen LogP contribution in [-0.2, 0) is 0 Å². The second-order valence-electron chi connectivity index (χ2n) is 4.92. The maximum Gasteiger partial charge on any atom is 0.236 e. The van der Waals surface area contributed by atoms with Gasteiger partial charge in [-0.05, 0) is 31.7 Å². The SMILES string of the molecule is COc1nnc(C2CCC(C)CC2)cc1C. The van der Waals surface area contributed by atoms with Crippen molar-refractivity contribution in [3.05, 3.63) is 17.3 Å². The molecule has 0 N–H and O–H groups in total. The molecular weight excluding hydrogens is 200 g/mol. The lowest BCUT2D eigenvalue weighted by molar-refractivity contribution is 0.339. The normalized spacial score (nSPS) is 25.4. The average Bonchev–Trinajstić information content (AvgIpc) is 2.30. The fraction of sp³-hybridized carbons (Fsp3) is 0.692. The quantitative estimate of drug-likeness (QED) is 0.768. The number of hydrogen-bond donors (Lipinski definition) is 0. The number of hydrogen-bond acceptors (Lipinski definition) is 3. The van der Waals surface area contributed by atoms with E-state index in [0.29, 0.717) is 11.8 Å². The van der Waals surface area contributed by atoms with Crippen LogP contribution in [0, 0.1) is 12.8 Å². The van der Waals surface area contributed by atoms with Gasteiger partial charge in [-0.25, -0.2) is 0 Å². The highest BCUT2D eigenvalue weighted by Gasteiger charge is 2.21. The number of nitrogens with zero attached hydrogens (tertiary/aromatic N) is 2. The standard InChI is InChI=1S/C13H20N2O/c1-9-4-6-11(7-5-9)12-8-10(2)13(16-3)15-14-12/h8-9,11H,4-7H2,1-3H3. The number of aromatic nitrogens is 2. The van der Waals surface area contributed by atoms with Crippen molar-refractivity contribution in [2.45, 2.75) is 45.4 Å². The molecule has 0 saturated heterocycles. The van der Waals surface area contributed by atoms with Crippen LogP contribution < -0.4 is 4.74 Å². The predicted octanol–water partition coefficient (Wildman–Crippen LogP) is 3.09. The molecule has 3 heteroatoms. The van der Waals surface area contributed by atoms with Gasteiger partial charge >= 0.3 is 0 Å². The molecule has 1 aliphatic carbocycles. The molecular formula is C13H20N2O. The molecule has 0 amide bonds. The second-order valence-corrected chi connectivity index (χ2v) is 4.92. The minimum absolute atomic E-state index is 0.605. The summed E-state index contributed by atoms with van der Waals surface area (Å²) >= 11 is 0. The van der Waals surface area contributed by atoms with Crippen LogP contribution in [0.5, 0.6) is 5.88 Å². The summed E-state index contributed by atoms with van der Waals surface area (Å²) < 4.78 is 5.13. The maximum atomic E-state index is 5.13. The zero-order chi connectivity index (χ0) is 11.5. The van der Waals surface area contributed by atoms with Crippen LogP contribution in [0.3, 0.4) is 0 Å². The predicted molar refractivity (Wildman–Crippen MR) is 63.7 cm³/mol. The van der Waals surface area contributed by atoms with E-state index in [1.54, 1.807) is 7.11 Å². The molecule has 0 radical (unpaired) electrons. The lowest BCUT2D eigenvalue weighted by Gasteiger charge is -2.25. The van der Waals surface area contributed by atoms with Crippen LogP contribution in [0.1, 0.15) is 49.8 Å². The van der Waals surface area contributed by atoms with E-state index in [1.165, 1.54) is 25.7 Å². The fourth-order valence-corrected chi connectivity index (χ4v) is 2.45. The van der Waals surface area contributed by atoms with Gasteiger partial charge in [-0.15, -0.1) is 5.10 Å². The summed E-state index contributed by atoms with van der Waals surface area (Å²) in [7, 11) is 1.64. The maximum absolute atomic E-state index is 5.13. The molecule has 0 aliphatic heterocycles. The van der Waals surface area contributed by atoms with Crippen LogP contribution in [0.2, 0.25) is 0 Å². The molecule has 1 fully saturated rings. The van der Waals surface area contributed by atoms with Crippen molar-refractivity contribution in [3.8, 4) is 5.88 Å². The van der Waals surface area contributed by atoms with Crippen LogP contribution in [0.25, 0.3) is 0 Å². The third-order valence-corrected chi connectivity index (χ3v) is 3.59. The van der Waals surface area contributed by atoms with Crippen molar-refractivity contribution in [1.82, 2.24) is 10.2 Å². The largest absolute Gasteiger partial charge is 0.480 e. The summed E-state index contributed by atoms with van der Waals surface area (Å²) in [5.74, 6) is 2.13. The van der Waals surface area contributed by atoms with Crippen LogP contribution in [0.15, 0.2) is 6.07 Å². The highest BCUT2D eigenvalue weighted by atomic mass is 16.5. The van der Waals surface area contributed by atoms with Gasteiger partial charge in [0.1, 0.15) is 0 Å². The van der Waals surface area contributed by atoms with Crippen molar-refractivity contribution in [2.75, 3.05) is 7.11 Å². The van der Waals surface area contributed by atoms with Gasteiger partial charge in [0.25, 0.3) is 0 Å². The van der Waals surface area contributed by atoms with Crippen LogP contribution >= 0.6 is 0 Å². The van der Waals surface area contributed by atoms with Gasteiger partial charge in [0.15, 0.2) is 0 Å². The Labute approximate surface area is 97.2 Å². The molecule has 0 unspecified atom stereocenters. The second kappa shape index (κ2) is 4.81. The molecule has 2 rings (SSSR count). The third kappa shape index (κ3) is 2.34. The average molecular weight is 220 g/mol. The van der Waals surface area contributed by atoms with Crippen molar-refractivity contribution in [2.24, 2.45) is 5.92 Å². The Kier molecular flexibility index (Phi) is 3.42. The molecule has 0 spiro atoms. The summed E-state index contributed by atoms with van der Waals surface area (Å²) in [5.41, 5.74) is 2.23. The Balaban J connectivity index is 2.12. The molecule has 16 heavy (non-hydrogen) atoms. The molecule has 3 nitrogen and oxygen atoms in total. The highest BCUT2D eigenvalue weighted by molar-refractivity contribution is 5.26. The first-order valence-corrected chi connectivity index (χ1v) is 6.09. The highest BCUT2D eigenvalue weighted by Crippen LogP contribution is 2.35. The van der Waals surface area contributed by atoms with E-state index in [0.717, 1.165) is 17.2 Å². The Morgan fingerprint density at radius 1 is 1.19 bits per heavy atom. The molecule has 1 aromatic rings. The van der Waals surface area contributed by atoms with E-state index in [2.05, 4.69) is 23.2 Å². The van der Waals surface area contributed by atoms with Gasteiger partial charge in [-0.2, -0.15) is 5.10 Å². The topological polar surface area (TPSA) is 35.0 Å². The summed E-state index contributed by atoms with van der Waals surface area (Å²) in [4.78, 5) is 0. The van der Waals surface area contributed by atoms with Gasteiger partial charge in [0.05, 0.1) is 12.8 Å². The van der Waals surface area contributed by atoms with E-state index in [-0.39, 0.29) is 0 Å². The number of rotatable bonds is 2. The fourth-order valence-electron chi connectivity index (χ4n) is 2.45. The van der Waals surface area contributed by atoms with Gasteiger partial charge in [-0.3, -0.25) is 0 Å². The Bertz CT molecular complexity index is 357. The number of aryl methyl sites for hydroxylation is 1. The van der Waals surface area contributed by atoms with Gasteiger partial charge < -0.3 is 4.74 Å². The van der Waals surface area contributed by atoms with Gasteiger partial charge in [0.2, 0.25) is 5.88 Å². The molecule has 88 valence electrons. The first kappa shape index (κ1) is 11.4. The monoisotopic (exact) mass is 220 g/mol. The molecule has 0 atom stereocenters. The summed E-state index contributed by atoms with van der Waals surface area (Å²) in [5, 5.41) is 8.40. The van der Waals surface area contributed by atoms with Crippen molar-refractivity contribution < 1.29 is 4.74 Å². The number of methoxy groups -OCH3 is 1. The van der Waals surface area contributed by atoms with Crippen molar-refractivity contribution >= 4 is 0 Å². The molecule has 1 aromatic heterocycles.